The summed E-state index contributed by atoms with van der Waals surface area (Å²) in [5.41, 5.74) is 6.24. The molecule has 4 rings (SSSR count). The molecule has 162 valence electrons. The van der Waals surface area contributed by atoms with Gasteiger partial charge >= 0.3 is 0 Å². The van der Waals surface area contributed by atoms with E-state index in [2.05, 4.69) is 48.4 Å². The number of pyridine rings is 1. The molecule has 2 heterocycles. The van der Waals surface area contributed by atoms with Crippen LogP contribution in [0.15, 0.2) is 71.7 Å². The van der Waals surface area contributed by atoms with Gasteiger partial charge in [0.2, 0.25) is 5.56 Å². The lowest BCUT2D eigenvalue weighted by molar-refractivity contribution is 0.0772. The standard InChI is InChI=1S/C26H25N3O3/c1-17-13-18(2)15-22(14-17)19-9-11-29(12-10-19)26(32)20-3-6-23(7-4-20)28-25(31)21-5-8-24(30)27-16-21/h3-9,13-16H,10-12H2,1-2H3,(H,27,30)(H,28,31). The zero-order chi connectivity index (χ0) is 22.7. The summed E-state index contributed by atoms with van der Waals surface area (Å²) in [7, 11) is 0. The van der Waals surface area contributed by atoms with Gasteiger partial charge < -0.3 is 15.2 Å². The Bertz CT molecular complexity index is 1220. The molecule has 2 amide bonds. The van der Waals surface area contributed by atoms with Crippen molar-refractivity contribution >= 4 is 23.1 Å². The fourth-order valence-electron chi connectivity index (χ4n) is 3.91. The number of anilines is 1. The predicted octanol–water partition coefficient (Wildman–Crippen LogP) is 4.17. The first-order chi connectivity index (χ1) is 15.4. The lowest BCUT2D eigenvalue weighted by Crippen LogP contribution is -2.34. The van der Waals surface area contributed by atoms with E-state index in [1.165, 1.54) is 40.6 Å². The van der Waals surface area contributed by atoms with E-state index in [4.69, 9.17) is 0 Å². The Labute approximate surface area is 186 Å². The molecule has 1 aliphatic rings. The van der Waals surface area contributed by atoms with Gasteiger partial charge in [0.15, 0.2) is 0 Å². The number of aromatic nitrogens is 1. The van der Waals surface area contributed by atoms with Crippen molar-refractivity contribution < 1.29 is 9.59 Å². The summed E-state index contributed by atoms with van der Waals surface area (Å²) in [6.45, 7) is 5.44. The maximum atomic E-state index is 12.9. The fourth-order valence-corrected chi connectivity index (χ4v) is 3.91. The molecule has 1 aliphatic heterocycles. The Morgan fingerprint density at radius 2 is 1.62 bits per heavy atom. The molecule has 3 aromatic rings. The second-order valence-electron chi connectivity index (χ2n) is 8.08. The van der Waals surface area contributed by atoms with Crippen LogP contribution < -0.4 is 10.9 Å². The van der Waals surface area contributed by atoms with Gasteiger partial charge in [-0.1, -0.05) is 35.4 Å². The zero-order valence-corrected chi connectivity index (χ0v) is 18.1. The summed E-state index contributed by atoms with van der Waals surface area (Å²) in [6.07, 6.45) is 4.32. The molecule has 0 saturated carbocycles. The zero-order valence-electron chi connectivity index (χ0n) is 18.1. The van der Waals surface area contributed by atoms with E-state index in [1.807, 2.05) is 4.90 Å². The number of rotatable bonds is 4. The molecule has 0 bridgehead atoms. The Kier molecular flexibility index (Phi) is 6.03. The van der Waals surface area contributed by atoms with Crippen molar-refractivity contribution in [2.45, 2.75) is 20.3 Å². The van der Waals surface area contributed by atoms with E-state index in [9.17, 15) is 14.4 Å². The molecule has 0 spiro atoms. The molecular formula is C26H25N3O3. The van der Waals surface area contributed by atoms with Crippen molar-refractivity contribution in [1.82, 2.24) is 9.88 Å². The summed E-state index contributed by atoms with van der Waals surface area (Å²) in [5.74, 6) is -0.361. The van der Waals surface area contributed by atoms with Crippen molar-refractivity contribution in [3.05, 3.63) is 105 Å². The fraction of sp³-hybridized carbons (Fsp3) is 0.192. The van der Waals surface area contributed by atoms with Gasteiger partial charge in [-0.2, -0.15) is 0 Å². The van der Waals surface area contributed by atoms with Crippen LogP contribution in [0.2, 0.25) is 0 Å². The number of aryl methyl sites for hydroxylation is 2. The van der Waals surface area contributed by atoms with Crippen LogP contribution in [-0.4, -0.2) is 34.8 Å². The third-order valence-electron chi connectivity index (χ3n) is 5.52. The minimum atomic E-state index is -0.333. The van der Waals surface area contributed by atoms with Gasteiger partial charge in [0.1, 0.15) is 0 Å². The maximum Gasteiger partial charge on any atom is 0.257 e. The quantitative estimate of drug-likeness (QED) is 0.656. The van der Waals surface area contributed by atoms with Crippen LogP contribution in [0, 0.1) is 13.8 Å². The smallest absolute Gasteiger partial charge is 0.257 e. The van der Waals surface area contributed by atoms with E-state index in [-0.39, 0.29) is 17.4 Å². The van der Waals surface area contributed by atoms with Gasteiger partial charge in [0.25, 0.3) is 11.8 Å². The van der Waals surface area contributed by atoms with E-state index in [1.54, 1.807) is 24.3 Å². The number of amides is 2. The van der Waals surface area contributed by atoms with Crippen molar-refractivity contribution in [2.75, 3.05) is 18.4 Å². The summed E-state index contributed by atoms with van der Waals surface area (Å²) in [5, 5.41) is 2.76. The van der Waals surface area contributed by atoms with Gasteiger partial charge in [0.05, 0.1) is 5.56 Å². The van der Waals surface area contributed by atoms with E-state index in [0.29, 0.717) is 29.9 Å². The van der Waals surface area contributed by atoms with Gasteiger partial charge in [-0.05, 0) is 61.7 Å². The topological polar surface area (TPSA) is 82.3 Å². The summed E-state index contributed by atoms with van der Waals surface area (Å²) < 4.78 is 0. The van der Waals surface area contributed by atoms with Gasteiger partial charge in [-0.25, -0.2) is 0 Å². The van der Waals surface area contributed by atoms with Crippen molar-refractivity contribution in [1.29, 1.82) is 0 Å². The number of carbonyl (C=O) groups excluding carboxylic acids is 2. The van der Waals surface area contributed by atoms with Crippen LogP contribution in [-0.2, 0) is 0 Å². The highest BCUT2D eigenvalue weighted by Crippen LogP contribution is 2.25. The van der Waals surface area contributed by atoms with Gasteiger partial charge in [-0.15, -0.1) is 0 Å². The monoisotopic (exact) mass is 427 g/mol. The highest BCUT2D eigenvalue weighted by molar-refractivity contribution is 6.04. The molecule has 1 aromatic heterocycles. The van der Waals surface area contributed by atoms with Crippen molar-refractivity contribution in [3.8, 4) is 0 Å². The number of carbonyl (C=O) groups is 2. The first kappa shape index (κ1) is 21.3. The average molecular weight is 428 g/mol. The summed E-state index contributed by atoms with van der Waals surface area (Å²) >= 11 is 0. The first-order valence-corrected chi connectivity index (χ1v) is 10.6. The minimum absolute atomic E-state index is 0.0285. The lowest BCUT2D eigenvalue weighted by Gasteiger charge is -2.27. The molecule has 0 radical (unpaired) electrons. The van der Waals surface area contributed by atoms with Crippen LogP contribution in [0.1, 0.15) is 43.8 Å². The summed E-state index contributed by atoms with van der Waals surface area (Å²) in [6, 6.07) is 16.1. The molecule has 6 heteroatoms. The molecule has 0 saturated heterocycles. The Morgan fingerprint density at radius 3 is 2.22 bits per heavy atom. The number of aromatic amines is 1. The Hall–Kier alpha value is -3.93. The largest absolute Gasteiger partial charge is 0.335 e. The average Bonchev–Trinajstić information content (AvgIpc) is 2.79. The van der Waals surface area contributed by atoms with Crippen molar-refractivity contribution in [3.63, 3.8) is 0 Å². The van der Waals surface area contributed by atoms with E-state index in [0.717, 1.165) is 6.42 Å². The van der Waals surface area contributed by atoms with Crippen molar-refractivity contribution in [2.24, 2.45) is 0 Å². The first-order valence-electron chi connectivity index (χ1n) is 10.6. The molecular weight excluding hydrogens is 402 g/mol. The maximum absolute atomic E-state index is 12.9. The highest BCUT2D eigenvalue weighted by atomic mass is 16.2. The third kappa shape index (κ3) is 4.86. The number of nitrogens with zero attached hydrogens (tertiary/aromatic N) is 1. The number of nitrogens with one attached hydrogen (secondary N) is 2. The van der Waals surface area contributed by atoms with Crippen LogP contribution in [0.5, 0.6) is 0 Å². The lowest BCUT2D eigenvalue weighted by atomic mass is 9.96. The Balaban J connectivity index is 1.39. The number of hydrogen-bond acceptors (Lipinski definition) is 3. The SMILES string of the molecule is Cc1cc(C)cc(C2=CCN(C(=O)c3ccc(NC(=O)c4ccc(=O)[nH]c4)cc3)CC2)c1. The molecule has 2 N–H and O–H groups in total. The molecule has 32 heavy (non-hydrogen) atoms. The minimum Gasteiger partial charge on any atom is -0.335 e. The molecule has 0 unspecified atom stereocenters. The predicted molar refractivity (Wildman–Crippen MR) is 126 cm³/mol. The third-order valence-corrected chi connectivity index (χ3v) is 5.52. The number of hydrogen-bond donors (Lipinski definition) is 2. The molecule has 0 fully saturated rings. The molecule has 2 aromatic carbocycles. The van der Waals surface area contributed by atoms with E-state index >= 15 is 0 Å². The van der Waals surface area contributed by atoms with Crippen LogP contribution in [0.25, 0.3) is 5.57 Å². The molecule has 0 aliphatic carbocycles. The molecule has 6 nitrogen and oxygen atoms in total. The normalized spacial score (nSPS) is 13.4. The summed E-state index contributed by atoms with van der Waals surface area (Å²) in [4.78, 5) is 40.6. The van der Waals surface area contributed by atoms with E-state index < -0.39 is 0 Å². The van der Waals surface area contributed by atoms with Crippen LogP contribution in [0.4, 0.5) is 5.69 Å². The van der Waals surface area contributed by atoms with Crippen LogP contribution in [0.3, 0.4) is 0 Å². The van der Waals surface area contributed by atoms with Gasteiger partial charge in [-0.3, -0.25) is 14.4 Å². The second-order valence-corrected chi connectivity index (χ2v) is 8.08. The number of benzene rings is 2. The van der Waals surface area contributed by atoms with Crippen LogP contribution >= 0.6 is 0 Å². The number of H-pyrrole nitrogens is 1. The Morgan fingerprint density at radius 1 is 0.938 bits per heavy atom. The molecule has 0 atom stereocenters. The second kappa shape index (κ2) is 9.06. The highest BCUT2D eigenvalue weighted by Gasteiger charge is 2.19. The van der Waals surface area contributed by atoms with Gasteiger partial charge in [0, 0.05) is 36.6 Å².